The lowest BCUT2D eigenvalue weighted by Crippen LogP contribution is -2.56. The molecule has 1 amide bonds. The Morgan fingerprint density at radius 3 is 2.69 bits per heavy atom. The molecule has 0 aliphatic carbocycles. The summed E-state index contributed by atoms with van der Waals surface area (Å²) >= 11 is 0. The van der Waals surface area contributed by atoms with Gasteiger partial charge >= 0.3 is 6.09 Å². The van der Waals surface area contributed by atoms with Gasteiger partial charge in [0.1, 0.15) is 18.5 Å². The number of methoxy groups -OCH3 is 1. The van der Waals surface area contributed by atoms with Crippen LogP contribution >= 0.6 is 0 Å². The maximum atomic E-state index is 12.2. The van der Waals surface area contributed by atoms with Crippen molar-refractivity contribution in [3.63, 3.8) is 0 Å². The number of carbonyl (C=O) groups excluding carboxylic acids is 1. The van der Waals surface area contributed by atoms with Crippen molar-refractivity contribution in [1.82, 2.24) is 14.9 Å². The summed E-state index contributed by atoms with van der Waals surface area (Å²) in [7, 11) is 1.60. The van der Waals surface area contributed by atoms with Gasteiger partial charge in [0.25, 0.3) is 0 Å². The molecule has 0 spiro atoms. The van der Waals surface area contributed by atoms with Crippen LogP contribution in [0.25, 0.3) is 11.1 Å². The van der Waals surface area contributed by atoms with Crippen LogP contribution in [0.3, 0.4) is 0 Å². The predicted molar refractivity (Wildman–Crippen MR) is 107 cm³/mol. The van der Waals surface area contributed by atoms with E-state index in [0.29, 0.717) is 24.7 Å². The summed E-state index contributed by atoms with van der Waals surface area (Å²) in [5.74, 6) is 1.14. The van der Waals surface area contributed by atoms with E-state index in [0.717, 1.165) is 16.7 Å². The zero-order valence-corrected chi connectivity index (χ0v) is 16.0. The van der Waals surface area contributed by atoms with Crippen LogP contribution in [0.1, 0.15) is 5.56 Å². The number of carbonyl (C=O) groups is 1. The standard InChI is InChI=1S/C22H21N3O4/c1-27-20-12-23-11-9-18(20)19-8-5-10-24-21(19)29-17-13-25(14-17)22(26)28-15-16-6-3-2-4-7-16/h2-12,17H,13-15H2,1H3. The number of benzene rings is 1. The zero-order valence-electron chi connectivity index (χ0n) is 16.0. The fourth-order valence-electron chi connectivity index (χ4n) is 3.09. The van der Waals surface area contributed by atoms with Gasteiger partial charge in [0, 0.05) is 23.5 Å². The van der Waals surface area contributed by atoms with Gasteiger partial charge in [0.2, 0.25) is 5.88 Å². The molecule has 0 N–H and O–H groups in total. The number of amides is 1. The van der Waals surface area contributed by atoms with Crippen molar-refractivity contribution in [2.45, 2.75) is 12.7 Å². The third-order valence-corrected chi connectivity index (χ3v) is 4.66. The number of hydrogen-bond donors (Lipinski definition) is 0. The van der Waals surface area contributed by atoms with E-state index in [1.165, 1.54) is 0 Å². The Morgan fingerprint density at radius 2 is 1.90 bits per heavy atom. The molecule has 7 heteroatoms. The second-order valence-corrected chi connectivity index (χ2v) is 6.62. The predicted octanol–water partition coefficient (Wildman–Crippen LogP) is 3.55. The Labute approximate surface area is 168 Å². The summed E-state index contributed by atoms with van der Waals surface area (Å²) in [6, 6.07) is 15.2. The van der Waals surface area contributed by atoms with Crippen molar-refractivity contribution in [3.8, 4) is 22.8 Å². The van der Waals surface area contributed by atoms with Gasteiger partial charge in [0.15, 0.2) is 0 Å². The van der Waals surface area contributed by atoms with E-state index < -0.39 is 0 Å². The van der Waals surface area contributed by atoms with Crippen LogP contribution < -0.4 is 9.47 Å². The minimum atomic E-state index is -0.342. The third kappa shape index (κ3) is 4.29. The summed E-state index contributed by atoms with van der Waals surface area (Å²) in [6.07, 6.45) is 4.55. The topological polar surface area (TPSA) is 73.8 Å². The molecule has 4 rings (SSSR count). The number of rotatable bonds is 6. The van der Waals surface area contributed by atoms with E-state index >= 15 is 0 Å². The molecule has 0 saturated carbocycles. The molecular formula is C22H21N3O4. The maximum Gasteiger partial charge on any atom is 0.410 e. The van der Waals surface area contributed by atoms with Gasteiger partial charge in [-0.25, -0.2) is 9.78 Å². The SMILES string of the molecule is COc1cnccc1-c1cccnc1OC1CN(C(=O)OCc2ccccc2)C1. The van der Waals surface area contributed by atoms with E-state index in [1.807, 2.05) is 48.5 Å². The zero-order chi connectivity index (χ0) is 20.1. The number of ether oxygens (including phenoxy) is 3. The number of likely N-dealkylation sites (tertiary alicyclic amines) is 1. The molecule has 29 heavy (non-hydrogen) atoms. The number of pyridine rings is 2. The van der Waals surface area contributed by atoms with Crippen LogP contribution in [0.5, 0.6) is 11.6 Å². The molecule has 2 aromatic heterocycles. The van der Waals surface area contributed by atoms with E-state index in [1.54, 1.807) is 30.6 Å². The lowest BCUT2D eigenvalue weighted by molar-refractivity contribution is 0.00706. The second kappa shape index (κ2) is 8.60. The molecule has 0 unspecified atom stereocenters. The molecule has 1 fully saturated rings. The van der Waals surface area contributed by atoms with Gasteiger partial charge in [0.05, 0.1) is 26.4 Å². The van der Waals surface area contributed by atoms with Crippen LogP contribution in [-0.2, 0) is 11.3 Å². The van der Waals surface area contributed by atoms with Gasteiger partial charge in [-0.3, -0.25) is 4.98 Å². The lowest BCUT2D eigenvalue weighted by atomic mass is 10.1. The third-order valence-electron chi connectivity index (χ3n) is 4.66. The molecule has 1 aromatic carbocycles. The van der Waals surface area contributed by atoms with Crippen molar-refractivity contribution in [3.05, 3.63) is 72.7 Å². The first-order valence-electron chi connectivity index (χ1n) is 9.30. The summed E-state index contributed by atoms with van der Waals surface area (Å²) in [5, 5.41) is 0. The molecule has 1 aliphatic rings. The number of nitrogens with zero attached hydrogens (tertiary/aromatic N) is 3. The van der Waals surface area contributed by atoms with Crippen molar-refractivity contribution in [2.75, 3.05) is 20.2 Å². The van der Waals surface area contributed by atoms with Gasteiger partial charge in [-0.1, -0.05) is 30.3 Å². The van der Waals surface area contributed by atoms with Gasteiger partial charge in [-0.05, 0) is 23.8 Å². The van der Waals surface area contributed by atoms with Crippen LogP contribution in [0.2, 0.25) is 0 Å². The van der Waals surface area contributed by atoms with Gasteiger partial charge in [-0.15, -0.1) is 0 Å². The Bertz CT molecular complexity index is 975. The number of hydrogen-bond acceptors (Lipinski definition) is 6. The van der Waals surface area contributed by atoms with Gasteiger partial charge in [-0.2, -0.15) is 0 Å². The Kier molecular flexibility index (Phi) is 5.56. The fourth-order valence-corrected chi connectivity index (χ4v) is 3.09. The first-order chi connectivity index (χ1) is 14.2. The van der Waals surface area contributed by atoms with E-state index in [9.17, 15) is 4.79 Å². The van der Waals surface area contributed by atoms with Gasteiger partial charge < -0.3 is 19.1 Å². The van der Waals surface area contributed by atoms with E-state index in [-0.39, 0.29) is 18.8 Å². The molecule has 0 bridgehead atoms. The summed E-state index contributed by atoms with van der Waals surface area (Å²) in [4.78, 5) is 22.2. The molecule has 148 valence electrons. The average molecular weight is 391 g/mol. The Hall–Kier alpha value is -3.61. The van der Waals surface area contributed by atoms with Crippen LogP contribution in [-0.4, -0.2) is 47.3 Å². The summed E-state index contributed by atoms with van der Waals surface area (Å²) < 4.78 is 16.8. The highest BCUT2D eigenvalue weighted by Gasteiger charge is 2.34. The van der Waals surface area contributed by atoms with Crippen molar-refractivity contribution in [1.29, 1.82) is 0 Å². The fraction of sp³-hybridized carbons (Fsp3) is 0.227. The molecule has 0 atom stereocenters. The molecule has 1 saturated heterocycles. The highest BCUT2D eigenvalue weighted by molar-refractivity contribution is 5.74. The van der Waals surface area contributed by atoms with Crippen molar-refractivity contribution < 1.29 is 19.0 Å². The minimum Gasteiger partial charge on any atom is -0.494 e. The number of aromatic nitrogens is 2. The smallest absolute Gasteiger partial charge is 0.410 e. The van der Waals surface area contributed by atoms with Crippen LogP contribution in [0.4, 0.5) is 4.79 Å². The molecular weight excluding hydrogens is 370 g/mol. The quantitative estimate of drug-likeness (QED) is 0.640. The summed E-state index contributed by atoms with van der Waals surface area (Å²) in [5.41, 5.74) is 2.62. The molecule has 0 radical (unpaired) electrons. The Morgan fingerprint density at radius 1 is 1.07 bits per heavy atom. The van der Waals surface area contributed by atoms with Crippen molar-refractivity contribution >= 4 is 6.09 Å². The van der Waals surface area contributed by atoms with Crippen LogP contribution in [0.15, 0.2) is 67.1 Å². The second-order valence-electron chi connectivity index (χ2n) is 6.62. The highest BCUT2D eigenvalue weighted by Crippen LogP contribution is 2.35. The normalized spacial score (nSPS) is 13.5. The highest BCUT2D eigenvalue weighted by atomic mass is 16.6. The van der Waals surface area contributed by atoms with E-state index in [4.69, 9.17) is 14.2 Å². The summed E-state index contributed by atoms with van der Waals surface area (Å²) in [6.45, 7) is 1.17. The maximum absolute atomic E-state index is 12.2. The Balaban J connectivity index is 1.36. The van der Waals surface area contributed by atoms with Crippen molar-refractivity contribution in [2.24, 2.45) is 0 Å². The first-order valence-corrected chi connectivity index (χ1v) is 9.30. The molecule has 3 heterocycles. The monoisotopic (exact) mass is 391 g/mol. The molecule has 1 aliphatic heterocycles. The molecule has 7 nitrogen and oxygen atoms in total. The average Bonchev–Trinajstić information content (AvgIpc) is 2.75. The minimum absolute atomic E-state index is 0.138. The lowest BCUT2D eigenvalue weighted by Gasteiger charge is -2.37. The van der Waals surface area contributed by atoms with E-state index in [2.05, 4.69) is 9.97 Å². The van der Waals surface area contributed by atoms with Crippen LogP contribution in [0, 0.1) is 0 Å². The largest absolute Gasteiger partial charge is 0.494 e. The molecule has 3 aromatic rings. The first kappa shape index (κ1) is 18.7.